The highest BCUT2D eigenvalue weighted by Gasteiger charge is 2.15. The van der Waals surface area contributed by atoms with Crippen LogP contribution in [0.4, 0.5) is 11.5 Å². The maximum Gasteiger partial charge on any atom is 0.193 e. The summed E-state index contributed by atoms with van der Waals surface area (Å²) in [7, 11) is 0. The summed E-state index contributed by atoms with van der Waals surface area (Å²) in [5.74, 6) is 0.497. The zero-order chi connectivity index (χ0) is 19.5. The lowest BCUT2D eigenvalue weighted by molar-refractivity contribution is 0.101. The van der Waals surface area contributed by atoms with Crippen molar-refractivity contribution in [3.8, 4) is 0 Å². The van der Waals surface area contributed by atoms with Crippen molar-refractivity contribution in [2.75, 3.05) is 5.32 Å². The van der Waals surface area contributed by atoms with E-state index in [2.05, 4.69) is 16.4 Å². The summed E-state index contributed by atoms with van der Waals surface area (Å²) in [6.07, 6.45) is 12.1. The molecule has 0 unspecified atom stereocenters. The first-order valence-corrected chi connectivity index (χ1v) is 9.05. The van der Waals surface area contributed by atoms with Gasteiger partial charge in [-0.25, -0.2) is 0 Å². The number of carbonyl (C=O) groups is 1. The number of anilines is 2. The fourth-order valence-electron chi connectivity index (χ4n) is 3.21. The second-order valence-corrected chi connectivity index (χ2v) is 6.54. The second kappa shape index (κ2) is 7.48. The summed E-state index contributed by atoms with van der Waals surface area (Å²) in [5, 5.41) is 3.81. The topological polar surface area (TPSA) is 64.0 Å². The van der Waals surface area contributed by atoms with E-state index in [4.69, 9.17) is 0 Å². The summed E-state index contributed by atoms with van der Waals surface area (Å²) in [5.41, 5.74) is 2.69. The molecule has 4 rings (SSSR count). The predicted octanol–water partition coefficient (Wildman–Crippen LogP) is 4.70. The van der Waals surface area contributed by atoms with Crippen LogP contribution in [0.3, 0.4) is 0 Å². The van der Waals surface area contributed by atoms with E-state index in [0.717, 1.165) is 11.4 Å². The van der Waals surface area contributed by atoms with E-state index < -0.39 is 0 Å². The number of hydrogen-bond acceptors (Lipinski definition) is 4. The monoisotopic (exact) mass is 369 g/mol. The van der Waals surface area contributed by atoms with E-state index in [9.17, 15) is 9.59 Å². The molecular formula is C23H19N3O2. The van der Waals surface area contributed by atoms with Crippen LogP contribution in [0, 0.1) is 0 Å². The van der Waals surface area contributed by atoms with E-state index in [1.165, 1.54) is 13.1 Å². The van der Waals surface area contributed by atoms with Gasteiger partial charge in [0.15, 0.2) is 11.2 Å². The number of rotatable bonds is 4. The van der Waals surface area contributed by atoms with Crippen molar-refractivity contribution in [1.82, 2.24) is 9.55 Å². The number of carbonyl (C=O) groups excluding carboxylic acids is 1. The molecule has 1 N–H and O–H groups in total. The first-order chi connectivity index (χ1) is 13.6. The fraction of sp³-hybridized carbons (Fsp3) is 0.0870. The van der Waals surface area contributed by atoms with Gasteiger partial charge in [-0.05, 0) is 24.3 Å². The molecule has 0 spiro atoms. The Bertz CT molecular complexity index is 1200. The summed E-state index contributed by atoms with van der Waals surface area (Å²) in [6.45, 7) is 1.47. The van der Waals surface area contributed by atoms with Gasteiger partial charge < -0.3 is 5.32 Å². The van der Waals surface area contributed by atoms with Gasteiger partial charge in [0.25, 0.3) is 0 Å². The van der Waals surface area contributed by atoms with Gasteiger partial charge in [0.1, 0.15) is 11.5 Å². The highest BCUT2D eigenvalue weighted by atomic mass is 16.1. The van der Waals surface area contributed by atoms with E-state index in [0.29, 0.717) is 28.8 Å². The minimum Gasteiger partial charge on any atom is -0.341 e. The number of nitrogens with one attached hydrogen (secondary N) is 1. The van der Waals surface area contributed by atoms with Crippen molar-refractivity contribution < 1.29 is 4.79 Å². The molecule has 1 aliphatic carbocycles. The third-order valence-electron chi connectivity index (χ3n) is 4.57. The lowest BCUT2D eigenvalue weighted by atomic mass is 10.1. The molecule has 0 saturated heterocycles. The molecule has 138 valence electrons. The van der Waals surface area contributed by atoms with E-state index in [-0.39, 0.29) is 11.2 Å². The molecule has 0 fully saturated rings. The molecule has 5 nitrogen and oxygen atoms in total. The molecule has 2 heterocycles. The Hall–Kier alpha value is -3.73. The first kappa shape index (κ1) is 17.7. The lowest BCUT2D eigenvalue weighted by Gasteiger charge is -2.20. The van der Waals surface area contributed by atoms with Crippen molar-refractivity contribution in [3.63, 3.8) is 0 Å². The lowest BCUT2D eigenvalue weighted by Crippen LogP contribution is -2.14. The van der Waals surface area contributed by atoms with Gasteiger partial charge in [0.2, 0.25) is 0 Å². The summed E-state index contributed by atoms with van der Waals surface area (Å²) in [6, 6.07) is 12.9. The molecule has 0 radical (unpaired) electrons. The van der Waals surface area contributed by atoms with Crippen LogP contribution in [-0.4, -0.2) is 15.3 Å². The van der Waals surface area contributed by atoms with E-state index in [1.54, 1.807) is 12.1 Å². The number of allylic oxidation sites excluding steroid dienone is 6. The van der Waals surface area contributed by atoms with Crippen LogP contribution in [0.25, 0.3) is 16.6 Å². The van der Waals surface area contributed by atoms with Gasteiger partial charge in [-0.3, -0.25) is 19.1 Å². The number of nitrogens with zero attached hydrogens (tertiary/aromatic N) is 2. The number of Topliss-reactive ketones (excluding diaryl/α,β-unsaturated/α-hetero) is 1. The number of pyridine rings is 2. The average Bonchev–Trinajstić information content (AvgIpc) is 2.98. The summed E-state index contributed by atoms with van der Waals surface area (Å²) in [4.78, 5) is 28.8. The van der Waals surface area contributed by atoms with Crippen LogP contribution in [-0.2, 0) is 0 Å². The molecule has 1 aromatic carbocycles. The van der Waals surface area contributed by atoms with Gasteiger partial charge in [-0.15, -0.1) is 0 Å². The second-order valence-electron chi connectivity index (χ2n) is 6.54. The van der Waals surface area contributed by atoms with Crippen LogP contribution in [0.1, 0.15) is 23.8 Å². The Labute approximate surface area is 162 Å². The Morgan fingerprint density at radius 2 is 1.93 bits per heavy atom. The summed E-state index contributed by atoms with van der Waals surface area (Å²) >= 11 is 0. The maximum absolute atomic E-state index is 12.7. The number of para-hydroxylation sites is 1. The molecule has 28 heavy (non-hydrogen) atoms. The van der Waals surface area contributed by atoms with Gasteiger partial charge in [0.05, 0.1) is 10.9 Å². The standard InChI is InChI=1S/C23H19N3O2/c1-16(27)20-13-21-19(15-24-20)22(28)14-23(25-17-9-5-4-6-10-17)26(21)18-11-7-2-3-8-12-18/h2-11,13-15,25H,12H2,1H3. The molecule has 0 aliphatic heterocycles. The number of hydrogen-bond donors (Lipinski definition) is 1. The van der Waals surface area contributed by atoms with Crippen molar-refractivity contribution in [1.29, 1.82) is 0 Å². The highest BCUT2D eigenvalue weighted by molar-refractivity contribution is 5.96. The first-order valence-electron chi connectivity index (χ1n) is 9.05. The third kappa shape index (κ3) is 3.42. The molecule has 0 atom stereocenters. The van der Waals surface area contributed by atoms with E-state index in [1.807, 2.05) is 59.2 Å². The van der Waals surface area contributed by atoms with Crippen LogP contribution in [0.5, 0.6) is 0 Å². The van der Waals surface area contributed by atoms with Crippen molar-refractivity contribution in [2.24, 2.45) is 0 Å². The average molecular weight is 369 g/mol. The van der Waals surface area contributed by atoms with Gasteiger partial charge in [0, 0.05) is 37.0 Å². The van der Waals surface area contributed by atoms with Crippen molar-refractivity contribution in [3.05, 3.63) is 95.0 Å². The number of benzene rings is 1. The number of ketones is 1. The Morgan fingerprint density at radius 1 is 1.11 bits per heavy atom. The van der Waals surface area contributed by atoms with Gasteiger partial charge in [-0.2, -0.15) is 0 Å². The molecule has 3 aromatic rings. The van der Waals surface area contributed by atoms with E-state index >= 15 is 0 Å². The molecule has 5 heteroatoms. The van der Waals surface area contributed by atoms with Gasteiger partial charge >= 0.3 is 0 Å². The minimum absolute atomic E-state index is 0.142. The Morgan fingerprint density at radius 3 is 2.71 bits per heavy atom. The fourth-order valence-corrected chi connectivity index (χ4v) is 3.21. The molecule has 1 aliphatic rings. The Kier molecular flexibility index (Phi) is 4.72. The van der Waals surface area contributed by atoms with Crippen LogP contribution in [0.15, 0.2) is 83.8 Å². The van der Waals surface area contributed by atoms with Gasteiger partial charge in [-0.1, -0.05) is 42.5 Å². The number of fused-ring (bicyclic) bond motifs is 1. The van der Waals surface area contributed by atoms with Crippen molar-refractivity contribution >= 4 is 33.9 Å². The minimum atomic E-state index is -0.146. The van der Waals surface area contributed by atoms with Crippen LogP contribution in [0.2, 0.25) is 0 Å². The quantitative estimate of drug-likeness (QED) is 0.677. The number of aromatic nitrogens is 2. The zero-order valence-electron chi connectivity index (χ0n) is 15.4. The van der Waals surface area contributed by atoms with Crippen LogP contribution < -0.4 is 10.7 Å². The molecular weight excluding hydrogens is 350 g/mol. The van der Waals surface area contributed by atoms with Crippen molar-refractivity contribution in [2.45, 2.75) is 13.3 Å². The largest absolute Gasteiger partial charge is 0.341 e. The molecule has 0 saturated carbocycles. The maximum atomic E-state index is 12.7. The Balaban J connectivity index is 2.01. The molecule has 0 amide bonds. The normalized spacial score (nSPS) is 13.2. The molecule has 0 bridgehead atoms. The smallest absolute Gasteiger partial charge is 0.193 e. The summed E-state index contributed by atoms with van der Waals surface area (Å²) < 4.78 is 1.98. The highest BCUT2D eigenvalue weighted by Crippen LogP contribution is 2.27. The third-order valence-corrected chi connectivity index (χ3v) is 4.57. The molecule has 2 aromatic heterocycles. The predicted molar refractivity (Wildman–Crippen MR) is 113 cm³/mol. The zero-order valence-corrected chi connectivity index (χ0v) is 15.4. The SMILES string of the molecule is CC(=O)c1cc2c(cn1)c(=O)cc(Nc1ccccc1)n2C1=CC=CC=CC1. The van der Waals surface area contributed by atoms with Crippen LogP contribution >= 0.6 is 0 Å².